The molecule has 0 saturated carbocycles. The Kier molecular flexibility index (Phi) is 8.80. The molecule has 3 aliphatic heterocycles. The lowest BCUT2D eigenvalue weighted by atomic mass is 9.66. The molecule has 226 valence electrons. The molecular formula is C31H42N6O4S. The normalized spacial score (nSPS) is 27.8. The van der Waals surface area contributed by atoms with Crippen molar-refractivity contribution in [2.45, 2.75) is 67.7 Å². The number of hydrogen-bond donors (Lipinski definition) is 1. The second-order valence-electron chi connectivity index (χ2n) is 12.0. The largest absolute Gasteiger partial charge is 0.396 e. The van der Waals surface area contributed by atoms with Gasteiger partial charge in [0.15, 0.2) is 0 Å². The number of amides is 3. The number of nitrogens with zero attached hydrogens (tertiary/aromatic N) is 6. The first kappa shape index (κ1) is 30.3. The lowest BCUT2D eigenvalue weighted by molar-refractivity contribution is -0.145. The Morgan fingerprint density at radius 2 is 1.86 bits per heavy atom. The average Bonchev–Trinajstić information content (AvgIpc) is 3.68. The van der Waals surface area contributed by atoms with E-state index < -0.39 is 27.4 Å². The van der Waals surface area contributed by atoms with Gasteiger partial charge in [0.05, 0.1) is 22.1 Å². The maximum Gasteiger partial charge on any atom is 0.248 e. The van der Waals surface area contributed by atoms with E-state index in [1.165, 1.54) is 0 Å². The van der Waals surface area contributed by atoms with Crippen molar-refractivity contribution in [2.75, 3.05) is 33.3 Å². The van der Waals surface area contributed by atoms with Crippen LogP contribution in [0.3, 0.4) is 0 Å². The van der Waals surface area contributed by atoms with Crippen LogP contribution in [0.4, 0.5) is 0 Å². The zero-order valence-electron chi connectivity index (χ0n) is 24.7. The summed E-state index contributed by atoms with van der Waals surface area (Å²) in [7, 11) is 1.76. The highest BCUT2D eigenvalue weighted by Gasteiger charge is 2.77. The number of benzene rings is 1. The third-order valence-electron chi connectivity index (χ3n) is 9.25. The lowest BCUT2D eigenvalue weighted by Crippen LogP contribution is -2.55. The highest BCUT2D eigenvalue weighted by Crippen LogP contribution is 2.71. The molecule has 0 aliphatic carbocycles. The molecule has 3 saturated heterocycles. The number of para-hydroxylation sites is 1. The monoisotopic (exact) mass is 594 g/mol. The summed E-state index contributed by atoms with van der Waals surface area (Å²) in [5.74, 6) is -1.37. The first-order valence-corrected chi connectivity index (χ1v) is 15.7. The molecule has 0 radical (unpaired) electrons. The maximum atomic E-state index is 14.7. The Bertz CT molecular complexity index is 1360. The van der Waals surface area contributed by atoms with Crippen molar-refractivity contribution >= 4 is 40.5 Å². The van der Waals surface area contributed by atoms with E-state index in [-0.39, 0.29) is 37.5 Å². The van der Waals surface area contributed by atoms with Crippen LogP contribution in [0.25, 0.3) is 11.0 Å². The number of hydrogen-bond acceptors (Lipinski definition) is 7. The number of thioether (sulfide) groups is 1. The number of unbranched alkanes of at least 4 members (excludes halogenated alkanes) is 3. The molecule has 2 aromatic rings. The summed E-state index contributed by atoms with van der Waals surface area (Å²) in [6, 6.07) is 6.91. The smallest absolute Gasteiger partial charge is 0.248 e. The lowest BCUT2D eigenvalue weighted by Gasteiger charge is -2.37. The van der Waals surface area contributed by atoms with Crippen molar-refractivity contribution in [3.8, 4) is 0 Å². The van der Waals surface area contributed by atoms with Gasteiger partial charge in [0.1, 0.15) is 18.2 Å². The van der Waals surface area contributed by atoms with Gasteiger partial charge >= 0.3 is 0 Å². The van der Waals surface area contributed by atoms with Crippen LogP contribution in [-0.2, 0) is 21.1 Å². The predicted octanol–water partition coefficient (Wildman–Crippen LogP) is 3.08. The van der Waals surface area contributed by atoms with Crippen LogP contribution in [0.1, 0.15) is 45.4 Å². The predicted molar refractivity (Wildman–Crippen MR) is 163 cm³/mol. The average molecular weight is 595 g/mol. The second kappa shape index (κ2) is 12.2. The molecule has 4 heterocycles. The zero-order valence-corrected chi connectivity index (χ0v) is 25.5. The SMILES string of the molecule is C=CCN(C)C(=O)[C@@H]1[C@H]2C(=O)N(CCCCCCO)C(C(=O)N(CC=C)Cn3nnc4ccccc43)C23CC[C@@]1(C)S3. The molecule has 2 unspecified atom stereocenters. The van der Waals surface area contributed by atoms with E-state index in [0.717, 1.165) is 36.7 Å². The summed E-state index contributed by atoms with van der Waals surface area (Å²) >= 11 is 1.68. The molecule has 3 fully saturated rings. The van der Waals surface area contributed by atoms with Gasteiger partial charge in [-0.2, -0.15) is 0 Å². The van der Waals surface area contributed by atoms with E-state index in [1.54, 1.807) is 50.3 Å². The quantitative estimate of drug-likeness (QED) is 0.264. The first-order chi connectivity index (χ1) is 20.2. The third kappa shape index (κ3) is 5.04. The standard InChI is InChI=1S/C31H42N6O4S/c1-5-17-34(4)27(39)24-25-28(40)36(19-11-7-8-12-20-38)26(31(25)16-15-30(24,3)42-31)29(41)35(18-6-2)21-37-23-14-10-9-13-22(23)32-33-37/h5-6,9-10,13-14,24-26,38H,1-2,7-8,11-12,15-21H2,3-4H3/t24-,25-,26?,30+,31?/m0/s1. The van der Waals surface area contributed by atoms with Gasteiger partial charge in [-0.1, -0.05) is 42.3 Å². The van der Waals surface area contributed by atoms with E-state index in [0.29, 0.717) is 25.9 Å². The first-order valence-electron chi connectivity index (χ1n) is 14.9. The van der Waals surface area contributed by atoms with Crippen molar-refractivity contribution in [3.05, 3.63) is 49.6 Å². The molecule has 5 atom stereocenters. The van der Waals surface area contributed by atoms with Gasteiger partial charge < -0.3 is 19.8 Å². The number of aliphatic hydroxyl groups is 1. The van der Waals surface area contributed by atoms with Gasteiger partial charge in [0.25, 0.3) is 0 Å². The van der Waals surface area contributed by atoms with E-state index in [1.807, 2.05) is 24.3 Å². The summed E-state index contributed by atoms with van der Waals surface area (Å²) in [6.45, 7) is 11.2. The van der Waals surface area contributed by atoms with Crippen molar-refractivity contribution in [1.29, 1.82) is 0 Å². The Hall–Kier alpha value is -3.18. The molecule has 2 bridgehead atoms. The Labute approximate surface area is 251 Å². The molecule has 42 heavy (non-hydrogen) atoms. The number of carbonyl (C=O) groups excluding carboxylic acids is 3. The molecule has 1 N–H and O–H groups in total. The molecule has 1 aromatic heterocycles. The molecule has 1 aromatic carbocycles. The van der Waals surface area contributed by atoms with E-state index in [9.17, 15) is 19.5 Å². The summed E-state index contributed by atoms with van der Waals surface area (Å²) < 4.78 is 0.593. The van der Waals surface area contributed by atoms with Gasteiger partial charge in [-0.15, -0.1) is 30.0 Å². The van der Waals surface area contributed by atoms with Crippen LogP contribution in [0.2, 0.25) is 0 Å². The molecule has 11 heteroatoms. The van der Waals surface area contributed by atoms with Crippen LogP contribution >= 0.6 is 11.8 Å². The molecule has 3 amide bonds. The fraction of sp³-hybridized carbons (Fsp3) is 0.581. The van der Waals surface area contributed by atoms with Gasteiger partial charge in [-0.3, -0.25) is 14.4 Å². The number of aliphatic hydroxyl groups excluding tert-OH is 1. The van der Waals surface area contributed by atoms with E-state index >= 15 is 0 Å². The number of likely N-dealkylation sites (tertiary alicyclic amines) is 1. The highest BCUT2D eigenvalue weighted by atomic mass is 32.2. The van der Waals surface area contributed by atoms with E-state index in [2.05, 4.69) is 30.4 Å². The van der Waals surface area contributed by atoms with Crippen molar-refractivity contribution in [2.24, 2.45) is 11.8 Å². The summed E-state index contributed by atoms with van der Waals surface area (Å²) in [4.78, 5) is 48.1. The van der Waals surface area contributed by atoms with Crippen LogP contribution in [0, 0.1) is 11.8 Å². The number of likely N-dealkylation sites (N-methyl/N-ethyl adjacent to an activating group) is 1. The molecule has 5 rings (SSSR count). The molecule has 1 spiro atoms. The van der Waals surface area contributed by atoms with Gasteiger partial charge in [0, 0.05) is 38.0 Å². The van der Waals surface area contributed by atoms with Crippen LogP contribution in [0.15, 0.2) is 49.6 Å². The van der Waals surface area contributed by atoms with Crippen LogP contribution in [-0.4, -0.2) is 101 Å². The third-order valence-corrected chi connectivity index (χ3v) is 11.2. The van der Waals surface area contributed by atoms with Gasteiger partial charge in [-0.25, -0.2) is 4.68 Å². The highest BCUT2D eigenvalue weighted by molar-refractivity contribution is 8.02. The van der Waals surface area contributed by atoms with Gasteiger partial charge in [-0.05, 0) is 44.7 Å². The zero-order chi connectivity index (χ0) is 30.1. The van der Waals surface area contributed by atoms with Gasteiger partial charge in [0.2, 0.25) is 17.7 Å². The fourth-order valence-corrected chi connectivity index (χ4v) is 9.66. The van der Waals surface area contributed by atoms with Crippen LogP contribution < -0.4 is 0 Å². The van der Waals surface area contributed by atoms with Crippen LogP contribution in [0.5, 0.6) is 0 Å². The van der Waals surface area contributed by atoms with Crippen molar-refractivity contribution < 1.29 is 19.5 Å². The number of fused-ring (bicyclic) bond motifs is 2. The molecule has 10 nitrogen and oxygen atoms in total. The summed E-state index contributed by atoms with van der Waals surface area (Å²) in [5.41, 5.74) is 1.56. The number of aromatic nitrogens is 3. The minimum Gasteiger partial charge on any atom is -0.396 e. The number of carbonyl (C=O) groups is 3. The molecule has 3 aliphatic rings. The number of rotatable bonds is 14. The Morgan fingerprint density at radius 1 is 1.12 bits per heavy atom. The van der Waals surface area contributed by atoms with Crippen molar-refractivity contribution in [1.82, 2.24) is 29.7 Å². The van der Waals surface area contributed by atoms with E-state index in [4.69, 9.17) is 0 Å². The topological polar surface area (TPSA) is 112 Å². The van der Waals surface area contributed by atoms with Crippen molar-refractivity contribution in [3.63, 3.8) is 0 Å². The Morgan fingerprint density at radius 3 is 2.60 bits per heavy atom. The second-order valence-corrected chi connectivity index (χ2v) is 13.9. The fourth-order valence-electron chi connectivity index (χ4n) is 7.32. The summed E-state index contributed by atoms with van der Waals surface area (Å²) in [6.07, 6.45) is 7.99. The minimum absolute atomic E-state index is 0.0575. The molecular weight excluding hydrogens is 552 g/mol. The Balaban J connectivity index is 1.50. The maximum absolute atomic E-state index is 14.7. The minimum atomic E-state index is -0.697. The summed E-state index contributed by atoms with van der Waals surface area (Å²) in [5, 5.41) is 17.8.